The second-order valence-electron chi connectivity index (χ2n) is 5.27. The maximum Gasteiger partial charge on any atom is 0.0419 e. The number of hydrazine groups is 1. The van der Waals surface area contributed by atoms with Gasteiger partial charge in [-0.1, -0.05) is 48.5 Å². The van der Waals surface area contributed by atoms with Crippen molar-refractivity contribution in [2.45, 2.75) is 18.9 Å². The molecule has 0 aliphatic heterocycles. The minimum Gasteiger partial charge on any atom is -0.271 e. The normalized spacial score (nSPS) is 12.4. The average Bonchev–Trinajstić information content (AvgIpc) is 2.55. The van der Waals surface area contributed by atoms with Gasteiger partial charge in [0.05, 0.1) is 0 Å². The number of nitrogens with two attached hydrogens (primary N) is 1. The smallest absolute Gasteiger partial charge is 0.0419 e. The lowest BCUT2D eigenvalue weighted by atomic mass is 9.99. The first kappa shape index (κ1) is 13.7. The van der Waals surface area contributed by atoms with E-state index >= 15 is 0 Å². The van der Waals surface area contributed by atoms with Crippen LogP contribution >= 0.6 is 0 Å². The number of fused-ring (bicyclic) bond motifs is 1. The Labute approximate surface area is 124 Å². The van der Waals surface area contributed by atoms with Crippen molar-refractivity contribution in [3.63, 3.8) is 0 Å². The van der Waals surface area contributed by atoms with E-state index in [9.17, 15) is 0 Å². The van der Waals surface area contributed by atoms with Crippen LogP contribution in [-0.4, -0.2) is 11.0 Å². The van der Waals surface area contributed by atoms with Crippen molar-refractivity contribution in [3.05, 3.63) is 78.1 Å². The predicted molar refractivity (Wildman–Crippen MR) is 86.7 cm³/mol. The van der Waals surface area contributed by atoms with Gasteiger partial charge in [0, 0.05) is 24.4 Å². The molecule has 3 heteroatoms. The number of pyridine rings is 1. The van der Waals surface area contributed by atoms with Crippen molar-refractivity contribution >= 4 is 10.8 Å². The summed E-state index contributed by atoms with van der Waals surface area (Å²) in [5, 5.41) is 2.53. The summed E-state index contributed by atoms with van der Waals surface area (Å²) in [5.41, 5.74) is 5.25. The third-order valence-electron chi connectivity index (χ3n) is 3.71. The third kappa shape index (κ3) is 3.45. The molecule has 106 valence electrons. The molecule has 3 rings (SSSR count). The highest BCUT2D eigenvalue weighted by molar-refractivity contribution is 5.82. The van der Waals surface area contributed by atoms with Gasteiger partial charge >= 0.3 is 0 Å². The summed E-state index contributed by atoms with van der Waals surface area (Å²) in [6.07, 6.45) is 3.53. The topological polar surface area (TPSA) is 50.9 Å². The van der Waals surface area contributed by atoms with Gasteiger partial charge in [0.1, 0.15) is 0 Å². The maximum absolute atomic E-state index is 5.70. The van der Waals surface area contributed by atoms with Crippen molar-refractivity contribution < 1.29 is 0 Å². The molecule has 0 fully saturated rings. The van der Waals surface area contributed by atoms with Crippen molar-refractivity contribution in [2.24, 2.45) is 5.84 Å². The van der Waals surface area contributed by atoms with E-state index in [1.165, 1.54) is 16.3 Å². The van der Waals surface area contributed by atoms with Crippen LogP contribution in [0.1, 0.15) is 11.3 Å². The van der Waals surface area contributed by atoms with E-state index in [1.54, 1.807) is 0 Å². The van der Waals surface area contributed by atoms with Gasteiger partial charge in [-0.2, -0.15) is 0 Å². The van der Waals surface area contributed by atoms with Crippen molar-refractivity contribution in [1.29, 1.82) is 0 Å². The molecule has 3 aromatic rings. The fourth-order valence-corrected chi connectivity index (χ4v) is 2.61. The molecule has 1 atom stereocenters. The Kier molecular flexibility index (Phi) is 4.24. The van der Waals surface area contributed by atoms with Gasteiger partial charge in [-0.15, -0.1) is 0 Å². The van der Waals surface area contributed by atoms with Crippen LogP contribution in [0.15, 0.2) is 66.9 Å². The number of benzene rings is 2. The molecule has 0 spiro atoms. The molecule has 0 saturated carbocycles. The van der Waals surface area contributed by atoms with Gasteiger partial charge in [-0.05, 0) is 34.9 Å². The van der Waals surface area contributed by atoms with Crippen molar-refractivity contribution in [2.75, 3.05) is 0 Å². The SMILES string of the molecule is NNC(Cc1ccc2ccccc2c1)Cc1ccccn1. The van der Waals surface area contributed by atoms with Crippen LogP contribution in [-0.2, 0) is 12.8 Å². The fourth-order valence-electron chi connectivity index (χ4n) is 2.61. The van der Waals surface area contributed by atoms with E-state index < -0.39 is 0 Å². The molecule has 3 nitrogen and oxygen atoms in total. The first-order valence-electron chi connectivity index (χ1n) is 7.19. The highest BCUT2D eigenvalue weighted by atomic mass is 15.2. The van der Waals surface area contributed by atoms with Crippen LogP contribution in [0.3, 0.4) is 0 Å². The second kappa shape index (κ2) is 6.48. The molecule has 1 unspecified atom stereocenters. The zero-order chi connectivity index (χ0) is 14.5. The zero-order valence-electron chi connectivity index (χ0n) is 11.9. The average molecular weight is 277 g/mol. The van der Waals surface area contributed by atoms with Crippen molar-refractivity contribution in [1.82, 2.24) is 10.4 Å². The van der Waals surface area contributed by atoms with Crippen LogP contribution < -0.4 is 11.3 Å². The van der Waals surface area contributed by atoms with Gasteiger partial charge in [0.15, 0.2) is 0 Å². The number of hydrogen-bond donors (Lipinski definition) is 2. The summed E-state index contributed by atoms with van der Waals surface area (Å²) in [6, 6.07) is 21.1. The lowest BCUT2D eigenvalue weighted by molar-refractivity contribution is 0.517. The maximum atomic E-state index is 5.70. The molecule has 1 heterocycles. The highest BCUT2D eigenvalue weighted by Gasteiger charge is 2.10. The van der Waals surface area contributed by atoms with Crippen LogP contribution in [0.5, 0.6) is 0 Å². The van der Waals surface area contributed by atoms with E-state index in [0.29, 0.717) is 0 Å². The van der Waals surface area contributed by atoms with Gasteiger partial charge in [0.25, 0.3) is 0 Å². The fraction of sp³-hybridized carbons (Fsp3) is 0.167. The van der Waals surface area contributed by atoms with E-state index in [0.717, 1.165) is 18.5 Å². The molecule has 0 radical (unpaired) electrons. The van der Waals surface area contributed by atoms with Gasteiger partial charge in [-0.3, -0.25) is 16.3 Å². The summed E-state index contributed by atoms with van der Waals surface area (Å²) in [6.45, 7) is 0. The summed E-state index contributed by atoms with van der Waals surface area (Å²) in [5.74, 6) is 5.70. The Morgan fingerprint density at radius 3 is 2.48 bits per heavy atom. The molecule has 0 aliphatic rings. The third-order valence-corrected chi connectivity index (χ3v) is 3.71. The monoisotopic (exact) mass is 277 g/mol. The Hall–Kier alpha value is -2.23. The van der Waals surface area contributed by atoms with Gasteiger partial charge in [0.2, 0.25) is 0 Å². The molecule has 3 N–H and O–H groups in total. The Balaban J connectivity index is 1.76. The standard InChI is InChI=1S/C18H19N3/c19-21-18(13-17-7-3-4-10-20-17)12-14-8-9-15-5-1-2-6-16(15)11-14/h1-11,18,21H,12-13,19H2. The zero-order valence-corrected chi connectivity index (χ0v) is 11.9. The van der Waals surface area contributed by atoms with E-state index in [-0.39, 0.29) is 6.04 Å². The molecule has 0 aliphatic carbocycles. The van der Waals surface area contributed by atoms with Crippen LogP contribution in [0.25, 0.3) is 10.8 Å². The summed E-state index contributed by atoms with van der Waals surface area (Å²) >= 11 is 0. The van der Waals surface area contributed by atoms with Gasteiger partial charge < -0.3 is 0 Å². The van der Waals surface area contributed by atoms with E-state index in [4.69, 9.17) is 5.84 Å². The largest absolute Gasteiger partial charge is 0.271 e. The summed E-state index contributed by atoms with van der Waals surface area (Å²) < 4.78 is 0. The quantitative estimate of drug-likeness (QED) is 0.557. The molecule has 0 saturated heterocycles. The minimum atomic E-state index is 0.182. The number of nitrogens with one attached hydrogen (secondary N) is 1. The van der Waals surface area contributed by atoms with Crippen molar-refractivity contribution in [3.8, 4) is 0 Å². The second-order valence-corrected chi connectivity index (χ2v) is 5.27. The van der Waals surface area contributed by atoms with E-state index in [1.807, 2.05) is 24.4 Å². The molecule has 2 aromatic carbocycles. The molecular weight excluding hydrogens is 258 g/mol. The van der Waals surface area contributed by atoms with E-state index in [2.05, 4.69) is 52.9 Å². The first-order chi connectivity index (χ1) is 10.3. The first-order valence-corrected chi connectivity index (χ1v) is 7.19. The highest BCUT2D eigenvalue weighted by Crippen LogP contribution is 2.17. The Morgan fingerprint density at radius 2 is 1.71 bits per heavy atom. The van der Waals surface area contributed by atoms with Gasteiger partial charge in [-0.25, -0.2) is 0 Å². The van der Waals surface area contributed by atoms with Crippen LogP contribution in [0.2, 0.25) is 0 Å². The molecular formula is C18H19N3. The molecule has 21 heavy (non-hydrogen) atoms. The number of aromatic nitrogens is 1. The summed E-state index contributed by atoms with van der Waals surface area (Å²) in [7, 11) is 0. The lowest BCUT2D eigenvalue weighted by Gasteiger charge is -2.16. The predicted octanol–water partition coefficient (Wildman–Crippen LogP) is 2.85. The van der Waals surface area contributed by atoms with Crippen LogP contribution in [0.4, 0.5) is 0 Å². The molecule has 1 aromatic heterocycles. The number of hydrogen-bond acceptors (Lipinski definition) is 3. The minimum absolute atomic E-state index is 0.182. The Bertz CT molecular complexity index is 710. The molecule has 0 bridgehead atoms. The Morgan fingerprint density at radius 1 is 0.905 bits per heavy atom. The lowest BCUT2D eigenvalue weighted by Crippen LogP contribution is -2.38. The number of nitrogens with zero attached hydrogens (tertiary/aromatic N) is 1. The summed E-state index contributed by atoms with van der Waals surface area (Å²) in [4.78, 5) is 4.36. The van der Waals surface area contributed by atoms with Crippen LogP contribution in [0, 0.1) is 0 Å². The molecule has 0 amide bonds. The number of rotatable bonds is 5.